The van der Waals surface area contributed by atoms with Crippen LogP contribution in [0.4, 0.5) is 8.78 Å². The summed E-state index contributed by atoms with van der Waals surface area (Å²) in [5.74, 6) is -1.07. The van der Waals surface area contributed by atoms with Crippen molar-refractivity contribution >= 4 is 0 Å². The van der Waals surface area contributed by atoms with Crippen LogP contribution in [0.1, 0.15) is 35.9 Å². The smallest absolute Gasteiger partial charge is 0.131 e. The van der Waals surface area contributed by atoms with Crippen LogP contribution < -0.4 is 5.32 Å². The Bertz CT molecular complexity index is 600. The molecule has 5 heteroatoms. The van der Waals surface area contributed by atoms with Crippen LogP contribution in [-0.2, 0) is 13.1 Å². The molecule has 2 rings (SSSR count). The molecule has 2 aromatic rings. The second-order valence-corrected chi connectivity index (χ2v) is 5.18. The van der Waals surface area contributed by atoms with Crippen LogP contribution in [0.25, 0.3) is 0 Å². The standard InChI is InChI=1S/C16H21F2N3/c1-4-8-19-9-13-11(2)20-21(12(13)3)10-14-15(17)6-5-7-16(14)18/h5-7,19H,4,8-10H2,1-3H3. The van der Waals surface area contributed by atoms with Crippen molar-refractivity contribution < 1.29 is 8.78 Å². The minimum atomic E-state index is -0.534. The summed E-state index contributed by atoms with van der Waals surface area (Å²) in [7, 11) is 0. The normalized spacial score (nSPS) is 11.1. The number of aryl methyl sites for hydroxylation is 1. The second kappa shape index (κ2) is 6.80. The highest BCUT2D eigenvalue weighted by atomic mass is 19.1. The molecule has 0 aliphatic heterocycles. The predicted molar refractivity (Wildman–Crippen MR) is 79.2 cm³/mol. The molecule has 0 saturated heterocycles. The first-order valence-electron chi connectivity index (χ1n) is 7.21. The van der Waals surface area contributed by atoms with E-state index in [4.69, 9.17) is 0 Å². The fourth-order valence-corrected chi connectivity index (χ4v) is 2.37. The van der Waals surface area contributed by atoms with Gasteiger partial charge in [0.25, 0.3) is 0 Å². The number of benzene rings is 1. The van der Waals surface area contributed by atoms with Gasteiger partial charge in [0.1, 0.15) is 11.6 Å². The summed E-state index contributed by atoms with van der Waals surface area (Å²) in [6, 6.07) is 3.91. The molecular formula is C16H21F2N3. The minimum Gasteiger partial charge on any atom is -0.313 e. The van der Waals surface area contributed by atoms with Gasteiger partial charge in [-0.15, -0.1) is 0 Å². The summed E-state index contributed by atoms with van der Waals surface area (Å²) in [6.45, 7) is 7.74. The van der Waals surface area contributed by atoms with Gasteiger partial charge in [-0.05, 0) is 38.9 Å². The van der Waals surface area contributed by atoms with E-state index >= 15 is 0 Å². The van der Waals surface area contributed by atoms with Gasteiger partial charge in [0.15, 0.2) is 0 Å². The Balaban J connectivity index is 2.23. The molecule has 0 radical (unpaired) electrons. The van der Waals surface area contributed by atoms with Gasteiger partial charge in [-0.1, -0.05) is 13.0 Å². The molecule has 0 atom stereocenters. The molecule has 0 spiro atoms. The van der Waals surface area contributed by atoms with Crippen LogP contribution in [-0.4, -0.2) is 16.3 Å². The maximum Gasteiger partial charge on any atom is 0.131 e. The maximum atomic E-state index is 13.7. The predicted octanol–water partition coefficient (Wildman–Crippen LogP) is 3.33. The van der Waals surface area contributed by atoms with Crippen molar-refractivity contribution in [2.24, 2.45) is 0 Å². The summed E-state index contributed by atoms with van der Waals surface area (Å²) in [6.07, 6.45) is 1.06. The van der Waals surface area contributed by atoms with Gasteiger partial charge in [0, 0.05) is 23.4 Å². The van der Waals surface area contributed by atoms with Gasteiger partial charge < -0.3 is 5.32 Å². The van der Waals surface area contributed by atoms with Crippen LogP contribution in [0.3, 0.4) is 0 Å². The molecule has 114 valence electrons. The van der Waals surface area contributed by atoms with Crippen LogP contribution in [0, 0.1) is 25.5 Å². The van der Waals surface area contributed by atoms with E-state index in [0.717, 1.165) is 36.5 Å². The third-order valence-corrected chi connectivity index (χ3v) is 3.63. The molecule has 1 aromatic carbocycles. The highest BCUT2D eigenvalue weighted by Gasteiger charge is 2.15. The van der Waals surface area contributed by atoms with E-state index in [1.165, 1.54) is 18.2 Å². The number of nitrogens with zero attached hydrogens (tertiary/aromatic N) is 2. The molecular weight excluding hydrogens is 272 g/mol. The Kier molecular flexibility index (Phi) is 5.07. The summed E-state index contributed by atoms with van der Waals surface area (Å²) in [5.41, 5.74) is 2.99. The highest BCUT2D eigenvalue weighted by Crippen LogP contribution is 2.18. The lowest BCUT2D eigenvalue weighted by atomic mass is 10.1. The third-order valence-electron chi connectivity index (χ3n) is 3.63. The Morgan fingerprint density at radius 2 is 1.81 bits per heavy atom. The van der Waals surface area contributed by atoms with Crippen molar-refractivity contribution in [1.29, 1.82) is 0 Å². The van der Waals surface area contributed by atoms with Gasteiger partial charge in [-0.3, -0.25) is 4.68 Å². The molecule has 0 amide bonds. The van der Waals surface area contributed by atoms with Gasteiger partial charge >= 0.3 is 0 Å². The number of aromatic nitrogens is 2. The first kappa shape index (κ1) is 15.6. The number of nitrogens with one attached hydrogen (secondary N) is 1. The topological polar surface area (TPSA) is 29.9 Å². The van der Waals surface area contributed by atoms with Gasteiger partial charge in [0.05, 0.1) is 12.2 Å². The number of hydrogen-bond donors (Lipinski definition) is 1. The Hall–Kier alpha value is -1.75. The molecule has 0 aliphatic carbocycles. The van der Waals surface area contributed by atoms with Gasteiger partial charge in [-0.25, -0.2) is 8.78 Å². The van der Waals surface area contributed by atoms with E-state index in [1.807, 2.05) is 13.8 Å². The first-order chi connectivity index (χ1) is 10.0. The van der Waals surface area contributed by atoms with Crippen molar-refractivity contribution in [3.05, 3.63) is 52.3 Å². The monoisotopic (exact) mass is 293 g/mol. The molecule has 1 N–H and O–H groups in total. The van der Waals surface area contributed by atoms with Gasteiger partial charge in [-0.2, -0.15) is 5.10 Å². The summed E-state index contributed by atoms with van der Waals surface area (Å²) < 4.78 is 29.1. The van der Waals surface area contributed by atoms with E-state index < -0.39 is 11.6 Å². The number of hydrogen-bond acceptors (Lipinski definition) is 2. The summed E-state index contributed by atoms with van der Waals surface area (Å²) >= 11 is 0. The first-order valence-corrected chi connectivity index (χ1v) is 7.21. The Morgan fingerprint density at radius 1 is 1.14 bits per heavy atom. The number of rotatable bonds is 6. The zero-order valence-electron chi connectivity index (χ0n) is 12.7. The molecule has 1 aromatic heterocycles. The van der Waals surface area contributed by atoms with E-state index in [2.05, 4.69) is 17.3 Å². The fourth-order valence-electron chi connectivity index (χ4n) is 2.37. The average molecular weight is 293 g/mol. The van der Waals surface area contributed by atoms with E-state index in [1.54, 1.807) is 4.68 Å². The lowest BCUT2D eigenvalue weighted by Crippen LogP contribution is -2.15. The van der Waals surface area contributed by atoms with Crippen LogP contribution >= 0.6 is 0 Å². The molecule has 0 fully saturated rings. The third kappa shape index (κ3) is 3.47. The van der Waals surface area contributed by atoms with Gasteiger partial charge in [0.2, 0.25) is 0 Å². The zero-order valence-corrected chi connectivity index (χ0v) is 12.7. The molecule has 3 nitrogen and oxygen atoms in total. The van der Waals surface area contributed by atoms with Crippen LogP contribution in [0.2, 0.25) is 0 Å². The van der Waals surface area contributed by atoms with E-state index in [9.17, 15) is 8.78 Å². The van der Waals surface area contributed by atoms with Crippen molar-refractivity contribution in [3.8, 4) is 0 Å². The minimum absolute atomic E-state index is 0.0520. The number of halogens is 2. The molecule has 21 heavy (non-hydrogen) atoms. The van der Waals surface area contributed by atoms with Crippen molar-refractivity contribution in [3.63, 3.8) is 0 Å². The maximum absolute atomic E-state index is 13.7. The van der Waals surface area contributed by atoms with Crippen molar-refractivity contribution in [2.75, 3.05) is 6.54 Å². The zero-order chi connectivity index (χ0) is 15.4. The van der Waals surface area contributed by atoms with Crippen LogP contribution in [0.15, 0.2) is 18.2 Å². The Morgan fingerprint density at radius 3 is 2.43 bits per heavy atom. The largest absolute Gasteiger partial charge is 0.313 e. The van der Waals surface area contributed by atoms with Crippen molar-refractivity contribution in [1.82, 2.24) is 15.1 Å². The van der Waals surface area contributed by atoms with Crippen LogP contribution in [0.5, 0.6) is 0 Å². The molecule has 1 heterocycles. The summed E-state index contributed by atoms with van der Waals surface area (Å²) in [4.78, 5) is 0. The van der Waals surface area contributed by atoms with Crippen molar-refractivity contribution in [2.45, 2.75) is 40.3 Å². The fraction of sp³-hybridized carbons (Fsp3) is 0.438. The quantitative estimate of drug-likeness (QED) is 0.828. The molecule has 0 saturated carbocycles. The molecule has 0 aliphatic rings. The second-order valence-electron chi connectivity index (χ2n) is 5.18. The average Bonchev–Trinajstić information content (AvgIpc) is 2.70. The lowest BCUT2D eigenvalue weighted by molar-refractivity contribution is 0.528. The van der Waals surface area contributed by atoms with E-state index in [0.29, 0.717) is 0 Å². The summed E-state index contributed by atoms with van der Waals surface area (Å²) in [5, 5.41) is 7.74. The molecule has 0 unspecified atom stereocenters. The highest BCUT2D eigenvalue weighted by molar-refractivity contribution is 5.26. The molecule has 0 bridgehead atoms. The Labute approximate surface area is 124 Å². The van der Waals surface area contributed by atoms with E-state index in [-0.39, 0.29) is 12.1 Å². The lowest BCUT2D eigenvalue weighted by Gasteiger charge is -2.08. The SMILES string of the molecule is CCCNCc1c(C)nn(Cc2c(F)cccc2F)c1C.